The minimum atomic E-state index is -4.52. The maximum Gasteiger partial charge on any atom is 0.418 e. The fourth-order valence-corrected chi connectivity index (χ4v) is 3.41. The number of nitrogens with one attached hydrogen (secondary N) is 1. The van der Waals surface area contributed by atoms with Crippen LogP contribution in [0.2, 0.25) is 0 Å². The van der Waals surface area contributed by atoms with Crippen molar-refractivity contribution in [3.8, 4) is 0 Å². The Bertz CT molecular complexity index is 787. The summed E-state index contributed by atoms with van der Waals surface area (Å²) in [6.45, 7) is 2.81. The zero-order valence-corrected chi connectivity index (χ0v) is 15.0. The average molecular weight is 384 g/mol. The largest absolute Gasteiger partial charge is 0.418 e. The zero-order valence-electron chi connectivity index (χ0n) is 14.2. The number of hydrogen-bond donors (Lipinski definition) is 1. The highest BCUT2D eigenvalue weighted by Crippen LogP contribution is 2.40. The number of anilines is 1. The van der Waals surface area contributed by atoms with E-state index in [1.165, 1.54) is 30.0 Å². The summed E-state index contributed by atoms with van der Waals surface area (Å²) in [5.74, 6) is 0.845. The van der Waals surface area contributed by atoms with Crippen molar-refractivity contribution >= 4 is 23.4 Å². The highest BCUT2D eigenvalue weighted by Gasteiger charge is 2.33. The number of carbonyl (C=O) groups is 1. The van der Waals surface area contributed by atoms with Gasteiger partial charge in [-0.05, 0) is 31.4 Å². The molecule has 1 amide bonds. The van der Waals surface area contributed by atoms with Gasteiger partial charge >= 0.3 is 6.18 Å². The summed E-state index contributed by atoms with van der Waals surface area (Å²) >= 11 is 1.19. The van der Waals surface area contributed by atoms with E-state index >= 15 is 0 Å². The smallest absolute Gasteiger partial charge is 0.325 e. The highest BCUT2D eigenvalue weighted by atomic mass is 32.2. The van der Waals surface area contributed by atoms with Crippen molar-refractivity contribution in [3.63, 3.8) is 0 Å². The summed E-state index contributed by atoms with van der Waals surface area (Å²) in [5, 5.41) is 11.3. The van der Waals surface area contributed by atoms with Gasteiger partial charge in [0.1, 0.15) is 5.82 Å². The summed E-state index contributed by atoms with van der Waals surface area (Å²) in [7, 11) is 0. The van der Waals surface area contributed by atoms with Crippen molar-refractivity contribution in [3.05, 3.63) is 35.7 Å². The molecule has 0 aliphatic heterocycles. The van der Waals surface area contributed by atoms with Crippen LogP contribution in [0.1, 0.15) is 43.5 Å². The second-order valence-electron chi connectivity index (χ2n) is 6.15. The summed E-state index contributed by atoms with van der Waals surface area (Å²) in [5.41, 5.74) is -1.09. The summed E-state index contributed by atoms with van der Waals surface area (Å²) in [6.07, 6.45) is -1.41. The molecule has 5 nitrogen and oxygen atoms in total. The zero-order chi connectivity index (χ0) is 18.7. The van der Waals surface area contributed by atoms with Gasteiger partial charge < -0.3 is 9.88 Å². The summed E-state index contributed by atoms with van der Waals surface area (Å²) in [4.78, 5) is 12.1. The predicted octanol–water partition coefficient (Wildman–Crippen LogP) is 4.32. The van der Waals surface area contributed by atoms with Crippen LogP contribution in [0.3, 0.4) is 0 Å². The Morgan fingerprint density at radius 1 is 1.31 bits per heavy atom. The number of rotatable bonds is 7. The van der Waals surface area contributed by atoms with Gasteiger partial charge in [-0.2, -0.15) is 13.2 Å². The molecule has 140 valence electrons. The van der Waals surface area contributed by atoms with Crippen molar-refractivity contribution in [1.29, 1.82) is 0 Å². The minimum Gasteiger partial charge on any atom is -0.325 e. The summed E-state index contributed by atoms with van der Waals surface area (Å²) in [6, 6.07) is 4.94. The number of alkyl halides is 3. The lowest BCUT2D eigenvalue weighted by Gasteiger charge is -2.13. The Labute approximate surface area is 153 Å². The van der Waals surface area contributed by atoms with Gasteiger partial charge in [0.25, 0.3) is 0 Å². The molecule has 2 aromatic rings. The Hall–Kier alpha value is -2.03. The number of carbonyl (C=O) groups excluding carboxylic acids is 1. The van der Waals surface area contributed by atoms with E-state index in [0.29, 0.717) is 11.1 Å². The number of para-hydroxylation sites is 1. The normalized spacial score (nSPS) is 14.5. The molecule has 0 unspecified atom stereocenters. The Balaban J connectivity index is 1.65. The molecule has 1 fully saturated rings. The maximum atomic E-state index is 13.0. The van der Waals surface area contributed by atoms with Crippen LogP contribution < -0.4 is 5.32 Å². The van der Waals surface area contributed by atoms with Crippen LogP contribution >= 0.6 is 11.8 Å². The molecule has 3 rings (SSSR count). The molecule has 1 aliphatic rings. The van der Waals surface area contributed by atoms with E-state index in [0.717, 1.165) is 37.7 Å². The number of aromatic nitrogens is 3. The molecule has 0 radical (unpaired) electrons. The maximum absolute atomic E-state index is 13.0. The molecular formula is C17H19F3N4OS. The molecular weight excluding hydrogens is 365 g/mol. The number of halogens is 3. The lowest BCUT2D eigenvalue weighted by atomic mass is 10.1. The van der Waals surface area contributed by atoms with E-state index in [9.17, 15) is 18.0 Å². The van der Waals surface area contributed by atoms with Gasteiger partial charge in [0.05, 0.1) is 17.0 Å². The van der Waals surface area contributed by atoms with Crippen LogP contribution in [-0.4, -0.2) is 26.4 Å². The topological polar surface area (TPSA) is 59.8 Å². The first-order chi connectivity index (χ1) is 12.4. The molecule has 9 heteroatoms. The van der Waals surface area contributed by atoms with Crippen molar-refractivity contribution < 1.29 is 18.0 Å². The van der Waals surface area contributed by atoms with E-state index in [4.69, 9.17) is 0 Å². The predicted molar refractivity (Wildman–Crippen MR) is 93.1 cm³/mol. The van der Waals surface area contributed by atoms with E-state index in [-0.39, 0.29) is 11.4 Å². The molecule has 1 heterocycles. The third-order valence-corrected chi connectivity index (χ3v) is 4.94. The highest BCUT2D eigenvalue weighted by molar-refractivity contribution is 7.99. The monoisotopic (exact) mass is 384 g/mol. The van der Waals surface area contributed by atoms with Crippen LogP contribution in [0.25, 0.3) is 0 Å². The SMILES string of the molecule is CCCn1c(SCC(=O)Nc2ccccc2C(F)(F)F)nnc1C1CC1. The molecule has 1 saturated carbocycles. The second-order valence-corrected chi connectivity index (χ2v) is 7.09. The fraction of sp³-hybridized carbons (Fsp3) is 0.471. The van der Waals surface area contributed by atoms with Gasteiger partial charge in [-0.25, -0.2) is 0 Å². The van der Waals surface area contributed by atoms with E-state index in [1.54, 1.807) is 0 Å². The first-order valence-corrected chi connectivity index (χ1v) is 9.40. The average Bonchev–Trinajstić information content (AvgIpc) is 3.35. The third kappa shape index (κ3) is 4.38. The molecule has 1 aromatic carbocycles. The molecule has 0 spiro atoms. The van der Waals surface area contributed by atoms with E-state index < -0.39 is 17.6 Å². The summed E-state index contributed by atoms with van der Waals surface area (Å²) < 4.78 is 41.0. The van der Waals surface area contributed by atoms with Crippen LogP contribution in [0.4, 0.5) is 18.9 Å². The number of hydrogen-bond acceptors (Lipinski definition) is 4. The first kappa shape index (κ1) is 18.8. The molecule has 1 aliphatic carbocycles. The number of thioether (sulfide) groups is 1. The van der Waals surface area contributed by atoms with Crippen LogP contribution in [0.15, 0.2) is 29.4 Å². The van der Waals surface area contributed by atoms with Gasteiger partial charge in [-0.15, -0.1) is 10.2 Å². The number of nitrogens with zero attached hydrogens (tertiary/aromatic N) is 3. The number of amides is 1. The second kappa shape index (κ2) is 7.69. The Morgan fingerprint density at radius 3 is 2.69 bits per heavy atom. The van der Waals surface area contributed by atoms with Gasteiger partial charge in [0, 0.05) is 12.5 Å². The molecule has 0 bridgehead atoms. The molecule has 0 atom stereocenters. The van der Waals surface area contributed by atoms with E-state index in [1.807, 2.05) is 11.5 Å². The minimum absolute atomic E-state index is 0.0291. The molecule has 26 heavy (non-hydrogen) atoms. The van der Waals surface area contributed by atoms with Gasteiger partial charge in [0.15, 0.2) is 5.16 Å². The van der Waals surface area contributed by atoms with Crippen molar-refractivity contribution in [1.82, 2.24) is 14.8 Å². The number of benzene rings is 1. The van der Waals surface area contributed by atoms with Gasteiger partial charge in [-0.3, -0.25) is 4.79 Å². The quantitative estimate of drug-likeness (QED) is 0.723. The molecule has 0 saturated heterocycles. The van der Waals surface area contributed by atoms with Crippen LogP contribution in [0.5, 0.6) is 0 Å². The Morgan fingerprint density at radius 2 is 2.04 bits per heavy atom. The van der Waals surface area contributed by atoms with E-state index in [2.05, 4.69) is 15.5 Å². The molecule has 1 aromatic heterocycles. The third-order valence-electron chi connectivity index (χ3n) is 3.97. The van der Waals surface area contributed by atoms with Crippen molar-refractivity contribution in [2.75, 3.05) is 11.1 Å². The van der Waals surface area contributed by atoms with Crippen molar-refractivity contribution in [2.24, 2.45) is 0 Å². The van der Waals surface area contributed by atoms with Crippen LogP contribution in [-0.2, 0) is 17.5 Å². The van der Waals surface area contributed by atoms with Gasteiger partial charge in [-0.1, -0.05) is 30.8 Å². The van der Waals surface area contributed by atoms with Gasteiger partial charge in [0.2, 0.25) is 5.91 Å². The first-order valence-electron chi connectivity index (χ1n) is 8.42. The fourth-order valence-electron chi connectivity index (χ4n) is 2.64. The standard InChI is InChI=1S/C17H19F3N4OS/c1-2-9-24-15(11-7-8-11)22-23-16(24)26-10-14(25)21-13-6-4-3-5-12(13)17(18,19)20/h3-6,11H,2,7-10H2,1H3,(H,21,25). The molecule has 1 N–H and O–H groups in total. The Kier molecular flexibility index (Phi) is 5.55. The van der Waals surface area contributed by atoms with Crippen molar-refractivity contribution in [2.45, 2.75) is 50.0 Å². The lowest BCUT2D eigenvalue weighted by Crippen LogP contribution is -2.18. The van der Waals surface area contributed by atoms with Crippen LogP contribution in [0, 0.1) is 0 Å². The lowest BCUT2D eigenvalue weighted by molar-refractivity contribution is -0.137.